The Labute approximate surface area is 157 Å². The minimum absolute atomic E-state index is 0.0441. The number of methoxy groups -OCH3 is 2. The second-order valence-corrected chi connectivity index (χ2v) is 5.73. The molecule has 0 fully saturated rings. The van der Waals surface area contributed by atoms with Gasteiger partial charge in [0.25, 0.3) is 5.91 Å². The number of ether oxygens (including phenoxy) is 3. The third kappa shape index (κ3) is 5.39. The molecule has 0 spiro atoms. The number of amides is 1. The van der Waals surface area contributed by atoms with Crippen LogP contribution in [0.4, 0.5) is 0 Å². The zero-order chi connectivity index (χ0) is 18.9. The van der Waals surface area contributed by atoms with Crippen LogP contribution in [0.1, 0.15) is 22.3 Å². The van der Waals surface area contributed by atoms with Gasteiger partial charge in [-0.3, -0.25) is 9.59 Å². The summed E-state index contributed by atoms with van der Waals surface area (Å²) >= 11 is 5.96. The van der Waals surface area contributed by atoms with E-state index >= 15 is 0 Å². The van der Waals surface area contributed by atoms with E-state index in [4.69, 9.17) is 25.8 Å². The van der Waals surface area contributed by atoms with Crippen LogP contribution in [-0.2, 0) is 16.1 Å². The zero-order valence-electron chi connectivity index (χ0n) is 14.6. The van der Waals surface area contributed by atoms with Gasteiger partial charge in [0, 0.05) is 12.1 Å². The average molecular weight is 378 g/mol. The molecule has 0 aliphatic rings. The van der Waals surface area contributed by atoms with Gasteiger partial charge in [-0.05, 0) is 30.3 Å². The van der Waals surface area contributed by atoms with Crippen molar-refractivity contribution >= 4 is 23.5 Å². The standard InChI is InChI=1S/C19H20ClNO5/c1-24-14-7-8-17(25-2)13(11-14)12-26-18(22)9-10-21-19(23)15-5-3-4-6-16(15)20/h3-8,11H,9-10,12H2,1-2H3,(H,21,23). The van der Waals surface area contributed by atoms with E-state index in [1.165, 1.54) is 7.11 Å². The van der Waals surface area contributed by atoms with E-state index in [9.17, 15) is 9.59 Å². The molecule has 0 heterocycles. The third-order valence-electron chi connectivity index (χ3n) is 3.61. The lowest BCUT2D eigenvalue weighted by Gasteiger charge is -2.11. The van der Waals surface area contributed by atoms with Crippen LogP contribution in [-0.4, -0.2) is 32.6 Å². The maximum absolute atomic E-state index is 12.0. The first kappa shape index (κ1) is 19.6. The van der Waals surface area contributed by atoms with E-state index < -0.39 is 5.97 Å². The molecule has 2 rings (SSSR count). The average Bonchev–Trinajstić information content (AvgIpc) is 2.66. The lowest BCUT2D eigenvalue weighted by molar-refractivity contribution is -0.144. The lowest BCUT2D eigenvalue weighted by Crippen LogP contribution is -2.26. The number of carbonyl (C=O) groups is 2. The predicted molar refractivity (Wildman–Crippen MR) is 97.7 cm³/mol. The number of nitrogens with one attached hydrogen (secondary N) is 1. The minimum atomic E-state index is -0.436. The van der Waals surface area contributed by atoms with Crippen LogP contribution in [0.2, 0.25) is 5.02 Å². The number of carbonyl (C=O) groups excluding carboxylic acids is 2. The van der Waals surface area contributed by atoms with Crippen LogP contribution in [0.3, 0.4) is 0 Å². The van der Waals surface area contributed by atoms with Crippen molar-refractivity contribution < 1.29 is 23.8 Å². The summed E-state index contributed by atoms with van der Waals surface area (Å²) in [4.78, 5) is 23.9. The molecule has 0 aromatic heterocycles. The first-order valence-electron chi connectivity index (χ1n) is 7.94. The number of hydrogen-bond donors (Lipinski definition) is 1. The summed E-state index contributed by atoms with van der Waals surface area (Å²) in [5.41, 5.74) is 1.06. The third-order valence-corrected chi connectivity index (χ3v) is 3.94. The Morgan fingerprint density at radius 3 is 2.54 bits per heavy atom. The van der Waals surface area contributed by atoms with Crippen molar-refractivity contribution in [2.24, 2.45) is 0 Å². The summed E-state index contributed by atoms with van der Waals surface area (Å²) in [7, 11) is 3.09. The lowest BCUT2D eigenvalue weighted by atomic mass is 10.2. The van der Waals surface area contributed by atoms with Crippen LogP contribution >= 0.6 is 11.6 Å². The molecule has 26 heavy (non-hydrogen) atoms. The van der Waals surface area contributed by atoms with Crippen molar-refractivity contribution in [1.29, 1.82) is 0 Å². The summed E-state index contributed by atoms with van der Waals surface area (Å²) < 4.78 is 15.6. The van der Waals surface area contributed by atoms with Crippen molar-refractivity contribution in [2.45, 2.75) is 13.0 Å². The van der Waals surface area contributed by atoms with E-state index in [2.05, 4.69) is 5.32 Å². The van der Waals surface area contributed by atoms with Crippen LogP contribution in [0, 0.1) is 0 Å². The Bertz CT molecular complexity index is 778. The molecule has 0 aliphatic heterocycles. The molecule has 1 amide bonds. The molecular weight excluding hydrogens is 358 g/mol. The van der Waals surface area contributed by atoms with Gasteiger partial charge in [-0.25, -0.2) is 0 Å². The fraction of sp³-hybridized carbons (Fsp3) is 0.263. The van der Waals surface area contributed by atoms with Crippen LogP contribution in [0.25, 0.3) is 0 Å². The van der Waals surface area contributed by atoms with Crippen LogP contribution in [0.5, 0.6) is 11.5 Å². The van der Waals surface area contributed by atoms with Gasteiger partial charge in [0.1, 0.15) is 18.1 Å². The number of benzene rings is 2. The van der Waals surface area contributed by atoms with Crippen molar-refractivity contribution in [1.82, 2.24) is 5.32 Å². The molecule has 0 atom stereocenters. The van der Waals surface area contributed by atoms with Gasteiger partial charge >= 0.3 is 5.97 Å². The topological polar surface area (TPSA) is 73.9 Å². The Kier molecular flexibility index (Phi) is 7.29. The molecular formula is C19H20ClNO5. The van der Waals surface area contributed by atoms with E-state index in [1.807, 2.05) is 0 Å². The molecule has 138 valence electrons. The predicted octanol–water partition coefficient (Wildman–Crippen LogP) is 3.22. The number of halogens is 1. The highest BCUT2D eigenvalue weighted by Gasteiger charge is 2.12. The second-order valence-electron chi connectivity index (χ2n) is 5.32. The fourth-order valence-electron chi connectivity index (χ4n) is 2.24. The summed E-state index contributed by atoms with van der Waals surface area (Å²) in [6, 6.07) is 11.9. The summed E-state index contributed by atoms with van der Waals surface area (Å²) in [5.74, 6) is 0.474. The second kappa shape index (κ2) is 9.68. The Morgan fingerprint density at radius 1 is 1.08 bits per heavy atom. The van der Waals surface area contributed by atoms with E-state index in [1.54, 1.807) is 49.6 Å². The molecule has 0 radical (unpaired) electrons. The maximum Gasteiger partial charge on any atom is 0.307 e. The van der Waals surface area contributed by atoms with E-state index in [0.717, 1.165) is 0 Å². The van der Waals surface area contributed by atoms with Gasteiger partial charge in [-0.15, -0.1) is 0 Å². The molecule has 2 aromatic carbocycles. The molecule has 6 nitrogen and oxygen atoms in total. The Hall–Kier alpha value is -2.73. The van der Waals surface area contributed by atoms with Crippen molar-refractivity contribution in [3.05, 3.63) is 58.6 Å². The highest BCUT2D eigenvalue weighted by atomic mass is 35.5. The smallest absolute Gasteiger partial charge is 0.307 e. The molecule has 7 heteroatoms. The Balaban J connectivity index is 1.81. The molecule has 2 aromatic rings. The first-order valence-corrected chi connectivity index (χ1v) is 8.32. The van der Waals surface area contributed by atoms with Crippen LogP contribution < -0.4 is 14.8 Å². The molecule has 0 bridgehead atoms. The monoisotopic (exact) mass is 377 g/mol. The molecule has 0 saturated heterocycles. The van der Waals surface area contributed by atoms with Crippen LogP contribution in [0.15, 0.2) is 42.5 Å². The van der Waals surface area contributed by atoms with E-state index in [0.29, 0.717) is 27.6 Å². The number of esters is 1. The van der Waals surface area contributed by atoms with Crippen molar-refractivity contribution in [2.75, 3.05) is 20.8 Å². The Morgan fingerprint density at radius 2 is 1.85 bits per heavy atom. The summed E-state index contributed by atoms with van der Waals surface area (Å²) in [6.45, 7) is 0.204. The molecule has 1 N–H and O–H groups in total. The van der Waals surface area contributed by atoms with Gasteiger partial charge in [0.2, 0.25) is 0 Å². The van der Waals surface area contributed by atoms with Crippen molar-refractivity contribution in [3.8, 4) is 11.5 Å². The summed E-state index contributed by atoms with van der Waals surface area (Å²) in [6.07, 6.45) is 0.0441. The minimum Gasteiger partial charge on any atom is -0.497 e. The normalized spacial score (nSPS) is 10.1. The summed E-state index contributed by atoms with van der Waals surface area (Å²) in [5, 5.41) is 3.00. The maximum atomic E-state index is 12.0. The van der Waals surface area contributed by atoms with Gasteiger partial charge < -0.3 is 19.5 Å². The molecule has 0 unspecified atom stereocenters. The number of rotatable bonds is 8. The largest absolute Gasteiger partial charge is 0.497 e. The highest BCUT2D eigenvalue weighted by molar-refractivity contribution is 6.33. The highest BCUT2D eigenvalue weighted by Crippen LogP contribution is 2.24. The number of hydrogen-bond acceptors (Lipinski definition) is 5. The first-order chi connectivity index (χ1) is 12.5. The van der Waals surface area contributed by atoms with E-state index in [-0.39, 0.29) is 25.5 Å². The van der Waals surface area contributed by atoms with Crippen molar-refractivity contribution in [3.63, 3.8) is 0 Å². The van der Waals surface area contributed by atoms with Gasteiger partial charge in [0.15, 0.2) is 0 Å². The quantitative estimate of drug-likeness (QED) is 0.715. The zero-order valence-corrected chi connectivity index (χ0v) is 15.3. The molecule has 0 aliphatic carbocycles. The van der Waals surface area contributed by atoms with Gasteiger partial charge in [0.05, 0.1) is 31.2 Å². The van der Waals surface area contributed by atoms with Gasteiger partial charge in [-0.2, -0.15) is 0 Å². The SMILES string of the molecule is COc1ccc(OC)c(COC(=O)CCNC(=O)c2ccccc2Cl)c1. The van der Waals surface area contributed by atoms with Gasteiger partial charge in [-0.1, -0.05) is 23.7 Å². The fourth-order valence-corrected chi connectivity index (χ4v) is 2.47. The molecule has 0 saturated carbocycles.